The molecule has 124 valence electrons. The van der Waals surface area contributed by atoms with Crippen molar-refractivity contribution < 1.29 is 0 Å². The van der Waals surface area contributed by atoms with Crippen molar-refractivity contribution in [3.8, 4) is 0 Å². The number of nitrogens with zero attached hydrogens (tertiary/aromatic N) is 8. The van der Waals surface area contributed by atoms with Gasteiger partial charge in [0.15, 0.2) is 17.3 Å². The quantitative estimate of drug-likeness (QED) is 0.716. The van der Waals surface area contributed by atoms with E-state index in [4.69, 9.17) is 0 Å². The van der Waals surface area contributed by atoms with Crippen LogP contribution >= 0.6 is 0 Å². The highest BCUT2D eigenvalue weighted by molar-refractivity contribution is 5.46. The molecule has 0 amide bonds. The molecule has 1 saturated heterocycles. The summed E-state index contributed by atoms with van der Waals surface area (Å²) in [6.45, 7) is 3.81. The first-order chi connectivity index (χ1) is 11.7. The van der Waals surface area contributed by atoms with Crippen molar-refractivity contribution >= 4 is 17.3 Å². The predicted octanol–water partition coefficient (Wildman–Crippen LogP) is 1.33. The summed E-state index contributed by atoms with van der Waals surface area (Å²) in [5.41, 5.74) is 0.770. The Labute approximate surface area is 140 Å². The number of hydrogen-bond acceptors (Lipinski definition) is 7. The molecule has 1 aliphatic heterocycles. The maximum atomic E-state index is 4.65. The number of hydrogen-bond donors (Lipinski definition) is 0. The van der Waals surface area contributed by atoms with Crippen molar-refractivity contribution in [3.05, 3.63) is 36.3 Å². The fraction of sp³-hybridized carbons (Fsp3) is 0.438. The predicted molar refractivity (Wildman–Crippen MR) is 91.2 cm³/mol. The van der Waals surface area contributed by atoms with Crippen LogP contribution in [-0.2, 0) is 0 Å². The molecule has 0 aromatic carbocycles. The Morgan fingerprint density at radius 3 is 2.96 bits per heavy atom. The zero-order valence-electron chi connectivity index (χ0n) is 13.9. The minimum absolute atomic E-state index is 0.409. The van der Waals surface area contributed by atoms with Gasteiger partial charge in [0.2, 0.25) is 0 Å². The van der Waals surface area contributed by atoms with Crippen LogP contribution in [0.1, 0.15) is 18.7 Å². The third-order valence-corrected chi connectivity index (χ3v) is 4.51. The maximum Gasteiger partial charge on any atom is 0.178 e. The zero-order valence-corrected chi connectivity index (χ0v) is 13.9. The minimum atomic E-state index is 0.409. The van der Waals surface area contributed by atoms with Crippen LogP contribution in [0.3, 0.4) is 0 Å². The Bertz CT molecular complexity index is 830. The van der Waals surface area contributed by atoms with Gasteiger partial charge in [-0.15, -0.1) is 20.4 Å². The van der Waals surface area contributed by atoms with Gasteiger partial charge in [0, 0.05) is 32.4 Å². The highest BCUT2D eigenvalue weighted by Crippen LogP contribution is 2.24. The molecule has 1 unspecified atom stereocenters. The zero-order chi connectivity index (χ0) is 16.5. The molecule has 3 aromatic heterocycles. The van der Waals surface area contributed by atoms with Gasteiger partial charge in [0.05, 0.1) is 0 Å². The van der Waals surface area contributed by atoms with Gasteiger partial charge in [-0.25, -0.2) is 0 Å². The first-order valence-corrected chi connectivity index (χ1v) is 8.17. The molecule has 1 aliphatic rings. The molecular weight excluding hydrogens is 304 g/mol. The monoisotopic (exact) mass is 324 g/mol. The Morgan fingerprint density at radius 1 is 1.21 bits per heavy atom. The van der Waals surface area contributed by atoms with Crippen molar-refractivity contribution in [3.63, 3.8) is 0 Å². The lowest BCUT2D eigenvalue weighted by Crippen LogP contribution is -2.39. The summed E-state index contributed by atoms with van der Waals surface area (Å²) < 4.78 is 1.78. The second-order valence-electron chi connectivity index (χ2n) is 6.16. The van der Waals surface area contributed by atoms with E-state index in [1.54, 1.807) is 10.7 Å². The van der Waals surface area contributed by atoms with Crippen molar-refractivity contribution in [2.24, 2.45) is 0 Å². The number of likely N-dealkylation sites (N-methyl/N-ethyl adjacent to an activating group) is 1. The SMILES string of the molecule is Cc1nnc2ccc(N(C)CC3CCCN3c3cccnn3)nn12. The van der Waals surface area contributed by atoms with Crippen molar-refractivity contribution in [2.45, 2.75) is 25.8 Å². The van der Waals surface area contributed by atoms with E-state index in [0.717, 1.165) is 42.6 Å². The molecule has 0 N–H and O–H groups in total. The number of anilines is 2. The van der Waals surface area contributed by atoms with Gasteiger partial charge in [0.25, 0.3) is 0 Å². The lowest BCUT2D eigenvalue weighted by molar-refractivity contribution is 0.640. The molecule has 0 aliphatic carbocycles. The minimum Gasteiger partial charge on any atom is -0.356 e. The highest BCUT2D eigenvalue weighted by atomic mass is 15.4. The van der Waals surface area contributed by atoms with Crippen LogP contribution in [0.25, 0.3) is 5.65 Å². The fourth-order valence-corrected chi connectivity index (χ4v) is 3.27. The van der Waals surface area contributed by atoms with Gasteiger partial charge < -0.3 is 9.80 Å². The Hall–Kier alpha value is -2.77. The third-order valence-electron chi connectivity index (χ3n) is 4.51. The largest absolute Gasteiger partial charge is 0.356 e. The topological polar surface area (TPSA) is 75.3 Å². The van der Waals surface area contributed by atoms with E-state index >= 15 is 0 Å². The summed E-state index contributed by atoms with van der Waals surface area (Å²) in [6, 6.07) is 8.31. The van der Waals surface area contributed by atoms with Crippen LogP contribution < -0.4 is 9.80 Å². The normalized spacial score (nSPS) is 17.6. The molecule has 1 fully saturated rings. The molecule has 4 rings (SSSR count). The summed E-state index contributed by atoms with van der Waals surface area (Å²) in [4.78, 5) is 4.52. The third kappa shape index (κ3) is 2.64. The lowest BCUT2D eigenvalue weighted by Gasteiger charge is -2.29. The number of rotatable bonds is 4. The average molecular weight is 324 g/mol. The van der Waals surface area contributed by atoms with E-state index in [0.29, 0.717) is 6.04 Å². The van der Waals surface area contributed by atoms with E-state index in [1.807, 2.05) is 31.2 Å². The van der Waals surface area contributed by atoms with Gasteiger partial charge in [-0.3, -0.25) is 0 Å². The molecule has 0 radical (unpaired) electrons. The second-order valence-corrected chi connectivity index (χ2v) is 6.16. The molecule has 3 aromatic rings. The molecule has 8 nitrogen and oxygen atoms in total. The van der Waals surface area contributed by atoms with E-state index < -0.39 is 0 Å². The summed E-state index contributed by atoms with van der Waals surface area (Å²) in [6.07, 6.45) is 4.03. The Kier molecular flexibility index (Phi) is 3.72. The molecule has 8 heteroatoms. The van der Waals surface area contributed by atoms with Crippen molar-refractivity contribution in [1.82, 2.24) is 30.0 Å². The number of aryl methyl sites for hydroxylation is 1. The van der Waals surface area contributed by atoms with Crippen LogP contribution in [0.15, 0.2) is 30.5 Å². The van der Waals surface area contributed by atoms with E-state index in [1.165, 1.54) is 6.42 Å². The molecule has 0 spiro atoms. The summed E-state index contributed by atoms with van der Waals surface area (Å²) in [5, 5.41) is 21.0. The van der Waals surface area contributed by atoms with Gasteiger partial charge in [-0.2, -0.15) is 9.61 Å². The fourth-order valence-electron chi connectivity index (χ4n) is 3.27. The standard InChI is InChI=1S/C16H20N8/c1-12-18-20-15-7-8-16(21-24(12)15)22(2)11-13-5-4-10-23(13)14-6-3-9-17-19-14/h3,6-9,13H,4-5,10-11H2,1-2H3. The first kappa shape index (κ1) is 14.8. The Balaban J connectivity index is 1.53. The number of aromatic nitrogens is 6. The van der Waals surface area contributed by atoms with Crippen LogP contribution in [0.5, 0.6) is 0 Å². The van der Waals surface area contributed by atoms with Gasteiger partial charge >= 0.3 is 0 Å². The molecule has 4 heterocycles. The van der Waals surface area contributed by atoms with Crippen molar-refractivity contribution in [1.29, 1.82) is 0 Å². The van der Waals surface area contributed by atoms with Crippen LogP contribution in [0.2, 0.25) is 0 Å². The summed E-state index contributed by atoms with van der Waals surface area (Å²) in [7, 11) is 2.07. The van der Waals surface area contributed by atoms with Crippen LogP contribution in [0.4, 0.5) is 11.6 Å². The highest BCUT2D eigenvalue weighted by Gasteiger charge is 2.27. The molecule has 0 saturated carbocycles. The Morgan fingerprint density at radius 2 is 2.12 bits per heavy atom. The van der Waals surface area contributed by atoms with Crippen molar-refractivity contribution in [2.75, 3.05) is 29.9 Å². The summed E-state index contributed by atoms with van der Waals surface area (Å²) in [5.74, 6) is 2.66. The number of fused-ring (bicyclic) bond motifs is 1. The smallest absolute Gasteiger partial charge is 0.178 e. The van der Waals surface area contributed by atoms with Crippen LogP contribution in [-0.4, -0.2) is 56.2 Å². The van der Waals surface area contributed by atoms with E-state index in [-0.39, 0.29) is 0 Å². The maximum absolute atomic E-state index is 4.65. The van der Waals surface area contributed by atoms with E-state index in [9.17, 15) is 0 Å². The second kappa shape index (κ2) is 6.03. The van der Waals surface area contributed by atoms with Gasteiger partial charge in [-0.05, 0) is 44.0 Å². The van der Waals surface area contributed by atoms with Gasteiger partial charge in [-0.1, -0.05) is 0 Å². The van der Waals surface area contributed by atoms with E-state index in [2.05, 4.69) is 42.3 Å². The summed E-state index contributed by atoms with van der Waals surface area (Å²) >= 11 is 0. The van der Waals surface area contributed by atoms with Crippen LogP contribution in [0, 0.1) is 6.92 Å². The lowest BCUT2D eigenvalue weighted by atomic mass is 10.2. The molecular formula is C16H20N8. The van der Waals surface area contributed by atoms with Gasteiger partial charge in [0.1, 0.15) is 5.82 Å². The average Bonchev–Trinajstić information content (AvgIpc) is 3.22. The molecule has 0 bridgehead atoms. The first-order valence-electron chi connectivity index (χ1n) is 8.17. The molecule has 24 heavy (non-hydrogen) atoms. The molecule has 1 atom stereocenters.